The molecule has 0 radical (unpaired) electrons. The molecule has 1 aliphatic rings. The van der Waals surface area contributed by atoms with Crippen molar-refractivity contribution >= 4 is 40.4 Å². The van der Waals surface area contributed by atoms with Crippen molar-refractivity contribution in [1.82, 2.24) is 24.8 Å². The molecular formula is C32H37ClN6O5. The number of methoxy groups -OCH3 is 1. The molecule has 0 spiro atoms. The van der Waals surface area contributed by atoms with Crippen LogP contribution in [0.15, 0.2) is 61.2 Å². The lowest BCUT2D eigenvalue weighted by Crippen LogP contribution is -2.49. The fourth-order valence-corrected chi connectivity index (χ4v) is 5.54. The molecule has 0 bridgehead atoms. The zero-order valence-electron chi connectivity index (χ0n) is 25.0. The number of anilines is 1. The number of halogens is 1. The van der Waals surface area contributed by atoms with Gasteiger partial charge < -0.3 is 29.0 Å². The van der Waals surface area contributed by atoms with Crippen molar-refractivity contribution in [2.24, 2.45) is 0 Å². The maximum absolute atomic E-state index is 13.7. The minimum atomic E-state index is -0.575. The second-order valence-corrected chi connectivity index (χ2v) is 10.9. The van der Waals surface area contributed by atoms with Crippen molar-refractivity contribution < 1.29 is 23.8 Å². The summed E-state index contributed by atoms with van der Waals surface area (Å²) in [6.07, 6.45) is 9.98. The highest BCUT2D eigenvalue weighted by molar-refractivity contribution is 6.35. The van der Waals surface area contributed by atoms with Gasteiger partial charge in [-0.05, 0) is 48.7 Å². The number of hydrogen-bond donors (Lipinski definition) is 1. The van der Waals surface area contributed by atoms with Crippen molar-refractivity contribution in [3.63, 3.8) is 0 Å². The molecule has 1 fully saturated rings. The van der Waals surface area contributed by atoms with Gasteiger partial charge in [0.1, 0.15) is 5.65 Å². The van der Waals surface area contributed by atoms with E-state index in [0.717, 1.165) is 42.3 Å². The highest BCUT2D eigenvalue weighted by atomic mass is 35.5. The first-order valence-corrected chi connectivity index (χ1v) is 15.2. The summed E-state index contributed by atoms with van der Waals surface area (Å²) in [4.78, 5) is 38.0. The van der Waals surface area contributed by atoms with Gasteiger partial charge in [0.05, 0.1) is 24.9 Å². The Balaban J connectivity index is 1.26. The Hall–Kier alpha value is -4.51. The molecule has 12 heteroatoms. The normalized spacial score (nSPS) is 13.3. The molecule has 4 heterocycles. The van der Waals surface area contributed by atoms with E-state index in [0.29, 0.717) is 67.2 Å². The van der Waals surface area contributed by atoms with E-state index >= 15 is 0 Å². The number of carbonyl (C=O) groups excluding carboxylic acids is 2. The Bertz CT molecular complexity index is 1580. The van der Waals surface area contributed by atoms with E-state index in [1.807, 2.05) is 33.7 Å². The second kappa shape index (κ2) is 14.8. The first-order valence-electron chi connectivity index (χ1n) is 14.8. The number of unbranched alkanes of at least 4 members (excludes halogenated alkanes) is 2. The molecule has 1 N–H and O–H groups in total. The number of carbonyl (C=O) groups is 2. The Kier molecular flexibility index (Phi) is 10.4. The number of aromatic nitrogens is 3. The molecule has 1 aromatic carbocycles. The Morgan fingerprint density at radius 3 is 2.80 bits per heavy atom. The predicted octanol–water partition coefficient (Wildman–Crippen LogP) is 6.28. The van der Waals surface area contributed by atoms with Crippen LogP contribution < -0.4 is 24.4 Å². The fourth-order valence-electron chi connectivity index (χ4n) is 5.21. The number of hydrogen-bond acceptors (Lipinski definition) is 7. The number of pyridine rings is 2. The lowest BCUT2D eigenvalue weighted by atomic mass is 10.1. The summed E-state index contributed by atoms with van der Waals surface area (Å²) in [7, 11) is 1.62. The van der Waals surface area contributed by atoms with Crippen LogP contribution in [0.3, 0.4) is 0 Å². The molecule has 5 rings (SSSR count). The molecule has 0 aliphatic carbocycles. The van der Waals surface area contributed by atoms with Crippen LogP contribution in [0.25, 0.3) is 11.0 Å². The van der Waals surface area contributed by atoms with Crippen molar-refractivity contribution in [3.05, 3.63) is 71.8 Å². The summed E-state index contributed by atoms with van der Waals surface area (Å²) in [6.45, 7) is 5.09. The van der Waals surface area contributed by atoms with Crippen molar-refractivity contribution in [2.75, 3.05) is 38.3 Å². The molecule has 0 saturated carbocycles. The summed E-state index contributed by atoms with van der Waals surface area (Å²) in [5.41, 5.74) is 2.34. The molecule has 232 valence electrons. The monoisotopic (exact) mass is 620 g/mol. The van der Waals surface area contributed by atoms with Crippen LogP contribution in [-0.4, -0.2) is 64.9 Å². The highest BCUT2D eigenvalue weighted by Crippen LogP contribution is 2.34. The smallest absolute Gasteiger partial charge is 0.412 e. The summed E-state index contributed by atoms with van der Waals surface area (Å²) in [6, 6.07) is 10.8. The number of nitrogens with one attached hydrogen (secondary N) is 1. The van der Waals surface area contributed by atoms with Gasteiger partial charge in [-0.3, -0.25) is 9.88 Å². The van der Waals surface area contributed by atoms with Crippen LogP contribution >= 0.6 is 11.6 Å². The molecule has 1 aliphatic heterocycles. The third-order valence-corrected chi connectivity index (χ3v) is 7.69. The number of rotatable bonds is 13. The number of ether oxygens (including phenoxy) is 3. The highest BCUT2D eigenvalue weighted by Gasteiger charge is 2.28. The zero-order chi connectivity index (χ0) is 30.9. The van der Waals surface area contributed by atoms with Crippen molar-refractivity contribution in [2.45, 2.75) is 45.7 Å². The number of amides is 3. The molecule has 3 amide bonds. The number of urea groups is 1. The lowest BCUT2D eigenvalue weighted by molar-refractivity contribution is 0.192. The van der Waals surface area contributed by atoms with E-state index in [4.69, 9.17) is 25.8 Å². The molecule has 1 saturated heterocycles. The van der Waals surface area contributed by atoms with Crippen LogP contribution in [-0.2, 0) is 13.1 Å². The molecule has 0 atom stereocenters. The molecule has 4 aromatic rings. The minimum Gasteiger partial charge on any atom is -0.493 e. The zero-order valence-corrected chi connectivity index (χ0v) is 25.8. The molecule has 3 aromatic heterocycles. The van der Waals surface area contributed by atoms with Gasteiger partial charge in [0, 0.05) is 68.5 Å². The maximum Gasteiger partial charge on any atom is 0.412 e. The van der Waals surface area contributed by atoms with Gasteiger partial charge >= 0.3 is 12.1 Å². The third kappa shape index (κ3) is 7.34. The first kappa shape index (κ1) is 30.9. The quantitative estimate of drug-likeness (QED) is 0.175. The van der Waals surface area contributed by atoms with E-state index < -0.39 is 6.09 Å². The number of fused-ring (bicyclic) bond motifs is 1. The van der Waals surface area contributed by atoms with Crippen LogP contribution in [0, 0.1) is 0 Å². The van der Waals surface area contributed by atoms with Crippen LogP contribution in [0.4, 0.5) is 15.3 Å². The molecular weight excluding hydrogens is 584 g/mol. The first-order chi connectivity index (χ1) is 21.5. The van der Waals surface area contributed by atoms with Crippen molar-refractivity contribution in [1.29, 1.82) is 0 Å². The molecule has 44 heavy (non-hydrogen) atoms. The maximum atomic E-state index is 13.7. The van der Waals surface area contributed by atoms with Crippen LogP contribution in [0.1, 0.15) is 38.2 Å². The summed E-state index contributed by atoms with van der Waals surface area (Å²) in [5, 5.41) is 4.04. The predicted molar refractivity (Wildman–Crippen MR) is 169 cm³/mol. The van der Waals surface area contributed by atoms with Gasteiger partial charge in [-0.15, -0.1) is 0 Å². The largest absolute Gasteiger partial charge is 0.493 e. The minimum absolute atomic E-state index is 0.0878. The van der Waals surface area contributed by atoms with Gasteiger partial charge in [0.2, 0.25) is 0 Å². The molecule has 0 unspecified atom stereocenters. The molecule has 11 nitrogen and oxygen atoms in total. The van der Waals surface area contributed by atoms with E-state index in [2.05, 4.69) is 22.2 Å². The topological polar surface area (TPSA) is 111 Å². The Morgan fingerprint density at radius 2 is 2.00 bits per heavy atom. The summed E-state index contributed by atoms with van der Waals surface area (Å²) < 4.78 is 18.6. The number of nitrogens with zero attached hydrogens (tertiary/aromatic N) is 5. The van der Waals surface area contributed by atoms with E-state index in [1.54, 1.807) is 42.7 Å². The lowest BCUT2D eigenvalue weighted by Gasteiger charge is -2.36. The van der Waals surface area contributed by atoms with E-state index in [1.165, 1.54) is 6.20 Å². The summed E-state index contributed by atoms with van der Waals surface area (Å²) in [5.74, 6) is 1.64. The van der Waals surface area contributed by atoms with Gasteiger partial charge in [0.15, 0.2) is 17.2 Å². The standard InChI is InChI=1S/C32H37ClN6O5/c1-3-4-5-18-43-28-19-24(9-10-27(28)42-2)39-16-7-15-38(32(39)41)21-23-11-13-35-30-29(23)26(33)22-37(30)17-14-36-31(40)44-25-8-6-12-34-20-25/h6,8-13,19-20,22H,3-5,7,14-18,21H2,1-2H3,(H,36,40). The van der Waals surface area contributed by atoms with E-state index in [-0.39, 0.29) is 6.03 Å². The van der Waals surface area contributed by atoms with Crippen LogP contribution in [0.5, 0.6) is 17.2 Å². The van der Waals surface area contributed by atoms with Crippen LogP contribution in [0.2, 0.25) is 5.02 Å². The Labute approximate surface area is 261 Å². The van der Waals surface area contributed by atoms with Crippen molar-refractivity contribution in [3.8, 4) is 17.2 Å². The van der Waals surface area contributed by atoms with Gasteiger partial charge in [-0.25, -0.2) is 14.6 Å². The SMILES string of the molecule is CCCCCOc1cc(N2CCCN(Cc3ccnc4c3c(Cl)cn4CCNC(=O)Oc3cccnc3)C2=O)ccc1OC. The average Bonchev–Trinajstić information content (AvgIpc) is 3.36. The summed E-state index contributed by atoms with van der Waals surface area (Å²) >= 11 is 6.70. The van der Waals surface area contributed by atoms with Gasteiger partial charge in [0.25, 0.3) is 0 Å². The van der Waals surface area contributed by atoms with Gasteiger partial charge in [-0.1, -0.05) is 31.4 Å². The Morgan fingerprint density at radius 1 is 1.11 bits per heavy atom. The third-order valence-electron chi connectivity index (χ3n) is 7.40. The number of benzene rings is 1. The van der Waals surface area contributed by atoms with E-state index in [9.17, 15) is 9.59 Å². The average molecular weight is 621 g/mol. The second-order valence-electron chi connectivity index (χ2n) is 10.4. The fraction of sp³-hybridized carbons (Fsp3) is 0.375. The van der Waals surface area contributed by atoms with Gasteiger partial charge in [-0.2, -0.15) is 0 Å².